The third kappa shape index (κ3) is 5.79. The minimum atomic E-state index is -0.950. The van der Waals surface area contributed by atoms with Crippen molar-refractivity contribution in [3.8, 4) is 17.2 Å². The number of hydrogen-bond acceptors (Lipinski definition) is 7. The number of nitrogens with zero attached hydrogens (tertiary/aromatic N) is 1. The molecule has 0 aliphatic heterocycles. The van der Waals surface area contributed by atoms with Gasteiger partial charge in [-0.2, -0.15) is 5.10 Å². The van der Waals surface area contributed by atoms with Crippen molar-refractivity contribution in [1.29, 1.82) is 0 Å². The molecule has 192 valence electrons. The molecule has 4 aromatic carbocycles. The van der Waals surface area contributed by atoms with Crippen LogP contribution in [0.25, 0.3) is 10.8 Å². The molecule has 9 heteroatoms. The van der Waals surface area contributed by atoms with E-state index in [0.29, 0.717) is 22.7 Å². The zero-order valence-corrected chi connectivity index (χ0v) is 21.0. The number of hydrogen-bond donors (Lipinski definition) is 2. The predicted octanol–water partition coefficient (Wildman–Crippen LogP) is 4.47. The Morgan fingerprint density at radius 2 is 1.50 bits per heavy atom. The number of esters is 1. The Balaban J connectivity index is 1.56. The number of aryl methyl sites for hydroxylation is 1. The molecule has 2 amide bonds. The Morgan fingerprint density at radius 3 is 2.26 bits per heavy atom. The van der Waals surface area contributed by atoms with E-state index < -0.39 is 17.8 Å². The number of para-hydroxylation sites is 1. The molecular formula is C29H25N3O6. The number of benzene rings is 4. The third-order valence-corrected chi connectivity index (χ3v) is 5.71. The van der Waals surface area contributed by atoms with Gasteiger partial charge in [0.25, 0.3) is 0 Å². The van der Waals surface area contributed by atoms with Gasteiger partial charge in [-0.15, -0.1) is 0 Å². The molecule has 0 unspecified atom stereocenters. The van der Waals surface area contributed by atoms with Crippen LogP contribution >= 0.6 is 0 Å². The summed E-state index contributed by atoms with van der Waals surface area (Å²) < 4.78 is 16.2. The van der Waals surface area contributed by atoms with E-state index in [1.54, 1.807) is 36.4 Å². The van der Waals surface area contributed by atoms with Crippen molar-refractivity contribution in [3.63, 3.8) is 0 Å². The summed E-state index contributed by atoms with van der Waals surface area (Å²) in [5.41, 5.74) is 4.25. The van der Waals surface area contributed by atoms with Gasteiger partial charge in [0.05, 0.1) is 26.0 Å². The molecule has 0 fully saturated rings. The lowest BCUT2D eigenvalue weighted by Gasteiger charge is -2.12. The number of fused-ring (bicyclic) bond motifs is 1. The fourth-order valence-electron chi connectivity index (χ4n) is 3.72. The zero-order chi connectivity index (χ0) is 27.1. The summed E-state index contributed by atoms with van der Waals surface area (Å²) in [5.74, 6) is -1.37. The van der Waals surface area contributed by atoms with Crippen LogP contribution in [0.3, 0.4) is 0 Å². The topological polar surface area (TPSA) is 115 Å². The van der Waals surface area contributed by atoms with Crippen LogP contribution in [0.15, 0.2) is 84.0 Å². The van der Waals surface area contributed by atoms with Gasteiger partial charge in [0, 0.05) is 11.3 Å². The van der Waals surface area contributed by atoms with Crippen LogP contribution in [0.4, 0.5) is 5.69 Å². The number of ether oxygens (including phenoxy) is 3. The summed E-state index contributed by atoms with van der Waals surface area (Å²) >= 11 is 0. The van der Waals surface area contributed by atoms with Crippen molar-refractivity contribution < 1.29 is 28.6 Å². The van der Waals surface area contributed by atoms with Crippen LogP contribution in [0.5, 0.6) is 17.2 Å². The number of amides is 2. The van der Waals surface area contributed by atoms with Crippen molar-refractivity contribution in [1.82, 2.24) is 5.43 Å². The van der Waals surface area contributed by atoms with Crippen molar-refractivity contribution in [2.24, 2.45) is 5.10 Å². The normalized spacial score (nSPS) is 10.7. The van der Waals surface area contributed by atoms with Gasteiger partial charge in [-0.25, -0.2) is 10.2 Å². The van der Waals surface area contributed by atoms with E-state index in [9.17, 15) is 14.4 Å². The summed E-state index contributed by atoms with van der Waals surface area (Å²) in [7, 11) is 2.97. The first-order chi connectivity index (χ1) is 18.4. The standard InChI is InChI=1S/C29H25N3O6/c1-18-8-4-7-11-23(18)31-27(33)28(34)32-30-17-22-21-10-6-5-9-19(21)12-14-24(22)38-29(35)20-13-15-25(36-2)26(16-20)37-3/h4-17H,1-3H3,(H,31,33)(H,32,34). The molecule has 38 heavy (non-hydrogen) atoms. The van der Waals surface area contributed by atoms with Crippen molar-refractivity contribution in [2.75, 3.05) is 19.5 Å². The lowest BCUT2D eigenvalue weighted by atomic mass is 10.0. The summed E-state index contributed by atoms with van der Waals surface area (Å²) in [6, 6.07) is 22.6. The maximum atomic E-state index is 13.0. The van der Waals surface area contributed by atoms with Crippen molar-refractivity contribution >= 4 is 40.5 Å². The summed E-state index contributed by atoms with van der Waals surface area (Å²) in [5, 5.41) is 8.10. The largest absolute Gasteiger partial charge is 0.493 e. The molecule has 4 aromatic rings. The highest BCUT2D eigenvalue weighted by Gasteiger charge is 2.17. The molecule has 9 nitrogen and oxygen atoms in total. The molecule has 0 heterocycles. The summed E-state index contributed by atoms with van der Waals surface area (Å²) in [6.45, 7) is 1.82. The molecule has 0 bridgehead atoms. The number of carbonyl (C=O) groups is 3. The number of carbonyl (C=O) groups excluding carboxylic acids is 3. The second-order valence-corrected chi connectivity index (χ2v) is 8.13. The fourth-order valence-corrected chi connectivity index (χ4v) is 3.72. The second kappa shape index (κ2) is 11.7. The van der Waals surface area contributed by atoms with Crippen LogP contribution in [-0.4, -0.2) is 38.2 Å². The van der Waals surface area contributed by atoms with Gasteiger partial charge >= 0.3 is 17.8 Å². The van der Waals surface area contributed by atoms with Gasteiger partial charge in [-0.05, 0) is 53.6 Å². The van der Waals surface area contributed by atoms with Crippen LogP contribution in [0.1, 0.15) is 21.5 Å². The minimum Gasteiger partial charge on any atom is -0.493 e. The average molecular weight is 512 g/mol. The van der Waals surface area contributed by atoms with E-state index in [0.717, 1.165) is 16.3 Å². The van der Waals surface area contributed by atoms with Crippen molar-refractivity contribution in [2.45, 2.75) is 6.92 Å². The molecule has 0 saturated carbocycles. The molecule has 0 radical (unpaired) electrons. The van der Waals surface area contributed by atoms with E-state index in [2.05, 4.69) is 15.8 Å². The van der Waals surface area contributed by atoms with Gasteiger partial charge in [-0.1, -0.05) is 48.5 Å². The van der Waals surface area contributed by atoms with E-state index in [-0.39, 0.29) is 11.3 Å². The number of rotatable bonds is 7. The highest BCUT2D eigenvalue weighted by atomic mass is 16.5. The first-order valence-electron chi connectivity index (χ1n) is 11.6. The highest BCUT2D eigenvalue weighted by Crippen LogP contribution is 2.30. The van der Waals surface area contributed by atoms with Gasteiger partial charge in [0.1, 0.15) is 5.75 Å². The summed E-state index contributed by atoms with van der Waals surface area (Å²) in [4.78, 5) is 37.6. The van der Waals surface area contributed by atoms with Gasteiger partial charge in [0.2, 0.25) is 0 Å². The van der Waals surface area contributed by atoms with Gasteiger partial charge < -0.3 is 19.5 Å². The Kier molecular flexibility index (Phi) is 7.98. The molecule has 0 atom stereocenters. The quantitative estimate of drug-likeness (QED) is 0.124. The molecule has 0 aliphatic rings. The molecule has 2 N–H and O–H groups in total. The van der Waals surface area contributed by atoms with E-state index >= 15 is 0 Å². The van der Waals surface area contributed by atoms with E-state index in [1.807, 2.05) is 43.3 Å². The van der Waals surface area contributed by atoms with E-state index in [4.69, 9.17) is 14.2 Å². The maximum absolute atomic E-state index is 13.0. The Hall–Kier alpha value is -5.18. The summed E-state index contributed by atoms with van der Waals surface area (Å²) in [6.07, 6.45) is 1.33. The minimum absolute atomic E-state index is 0.214. The number of anilines is 1. The fraction of sp³-hybridized carbons (Fsp3) is 0.103. The maximum Gasteiger partial charge on any atom is 0.343 e. The molecule has 4 rings (SSSR count). The van der Waals surface area contributed by atoms with Gasteiger partial charge in [-0.3, -0.25) is 9.59 Å². The zero-order valence-electron chi connectivity index (χ0n) is 21.0. The Bertz CT molecular complexity index is 1550. The van der Waals surface area contributed by atoms with E-state index in [1.165, 1.54) is 26.5 Å². The van der Waals surface area contributed by atoms with Crippen LogP contribution < -0.4 is 25.0 Å². The highest BCUT2D eigenvalue weighted by molar-refractivity contribution is 6.39. The monoisotopic (exact) mass is 511 g/mol. The van der Waals surface area contributed by atoms with Crippen LogP contribution in [0.2, 0.25) is 0 Å². The predicted molar refractivity (Wildman–Crippen MR) is 144 cm³/mol. The Morgan fingerprint density at radius 1 is 0.789 bits per heavy atom. The molecule has 0 aromatic heterocycles. The molecule has 0 aliphatic carbocycles. The molecule has 0 saturated heterocycles. The van der Waals surface area contributed by atoms with Crippen LogP contribution in [-0.2, 0) is 9.59 Å². The average Bonchev–Trinajstić information content (AvgIpc) is 2.94. The lowest BCUT2D eigenvalue weighted by molar-refractivity contribution is -0.136. The SMILES string of the molecule is COc1ccc(C(=O)Oc2ccc3ccccc3c2C=NNC(=O)C(=O)Nc2ccccc2C)cc1OC. The number of hydrazone groups is 1. The number of methoxy groups -OCH3 is 2. The smallest absolute Gasteiger partial charge is 0.343 e. The molecular weight excluding hydrogens is 486 g/mol. The van der Waals surface area contributed by atoms with Gasteiger partial charge in [0.15, 0.2) is 11.5 Å². The lowest BCUT2D eigenvalue weighted by Crippen LogP contribution is -2.32. The third-order valence-electron chi connectivity index (χ3n) is 5.71. The number of nitrogens with one attached hydrogen (secondary N) is 2. The Labute approximate surface area is 219 Å². The van der Waals surface area contributed by atoms with Crippen LogP contribution in [0, 0.1) is 6.92 Å². The first kappa shape index (κ1) is 25.9. The molecule has 0 spiro atoms. The second-order valence-electron chi connectivity index (χ2n) is 8.13. The van der Waals surface area contributed by atoms with Crippen molar-refractivity contribution in [3.05, 3.63) is 95.6 Å². The first-order valence-corrected chi connectivity index (χ1v) is 11.6.